The van der Waals surface area contributed by atoms with Crippen LogP contribution in [0.2, 0.25) is 0 Å². The van der Waals surface area contributed by atoms with Gasteiger partial charge in [-0.3, -0.25) is 0 Å². The van der Waals surface area contributed by atoms with Crippen LogP contribution in [0.5, 0.6) is 0 Å². The van der Waals surface area contributed by atoms with Crippen molar-refractivity contribution < 1.29 is 0 Å². The van der Waals surface area contributed by atoms with Gasteiger partial charge in [0.05, 0.1) is 24.3 Å². The molecule has 2 fully saturated rings. The lowest BCUT2D eigenvalue weighted by Gasteiger charge is -2.37. The summed E-state index contributed by atoms with van der Waals surface area (Å²) in [4.78, 5) is 4.44. The molecular weight excluding hydrogens is 388 g/mol. The van der Waals surface area contributed by atoms with Crippen molar-refractivity contribution in [2.45, 2.75) is 85.1 Å². The monoisotopic (exact) mass is 430 g/mol. The van der Waals surface area contributed by atoms with Crippen LogP contribution in [0.15, 0.2) is 48.4 Å². The predicted molar refractivity (Wildman–Crippen MR) is 134 cm³/mol. The second-order valence-electron chi connectivity index (χ2n) is 11.5. The first-order chi connectivity index (χ1) is 15.6. The smallest absolute Gasteiger partial charge is 0.0956 e. The van der Waals surface area contributed by atoms with Crippen LogP contribution < -0.4 is 0 Å². The molecule has 0 saturated heterocycles. The van der Waals surface area contributed by atoms with E-state index in [4.69, 9.17) is 0 Å². The number of allylic oxidation sites excluding steroid dienone is 2. The standard InChI is InChI=1S/C30H42N2/c1-5-22(11-12-23-16-21(4)10-14-25(23)20(2)3)28-17-24(28)13-15-29-26-8-6-7-9-27(26)30-18-31-19-32(29)30/h5-9,18-21,23-25,28-29H,10-17H2,1-4H3. The number of aromatic nitrogens is 2. The third-order valence-corrected chi connectivity index (χ3v) is 9.14. The second-order valence-corrected chi connectivity index (χ2v) is 11.5. The van der Waals surface area contributed by atoms with E-state index in [1.807, 2.05) is 12.5 Å². The number of rotatable bonds is 8. The van der Waals surface area contributed by atoms with E-state index in [-0.39, 0.29) is 0 Å². The molecule has 0 radical (unpaired) electrons. The van der Waals surface area contributed by atoms with Crippen LogP contribution in [0.25, 0.3) is 11.3 Å². The highest BCUT2D eigenvalue weighted by Crippen LogP contribution is 2.51. The maximum atomic E-state index is 4.44. The van der Waals surface area contributed by atoms with E-state index in [2.05, 4.69) is 67.6 Å². The van der Waals surface area contributed by atoms with Crippen LogP contribution in [0, 0.1) is 35.5 Å². The molecular formula is C30H42N2. The zero-order chi connectivity index (χ0) is 22.2. The van der Waals surface area contributed by atoms with Crippen LogP contribution in [0.4, 0.5) is 0 Å². The van der Waals surface area contributed by atoms with Gasteiger partial charge in [0.15, 0.2) is 0 Å². The Labute approximate surface area is 195 Å². The highest BCUT2D eigenvalue weighted by molar-refractivity contribution is 5.68. The Hall–Kier alpha value is -1.83. The van der Waals surface area contributed by atoms with Gasteiger partial charge in [0.25, 0.3) is 0 Å². The van der Waals surface area contributed by atoms with Crippen molar-refractivity contribution in [3.8, 4) is 11.3 Å². The largest absolute Gasteiger partial charge is 0.323 e. The van der Waals surface area contributed by atoms with Gasteiger partial charge in [0, 0.05) is 5.56 Å². The van der Waals surface area contributed by atoms with Crippen molar-refractivity contribution in [1.82, 2.24) is 9.55 Å². The number of imidazole rings is 1. The minimum Gasteiger partial charge on any atom is -0.323 e. The first-order valence-electron chi connectivity index (χ1n) is 13.3. The number of fused-ring (bicyclic) bond motifs is 3. The molecule has 2 heteroatoms. The topological polar surface area (TPSA) is 17.8 Å². The molecule has 0 spiro atoms. The Kier molecular flexibility index (Phi) is 6.32. The number of hydrogen-bond acceptors (Lipinski definition) is 1. The van der Waals surface area contributed by atoms with E-state index in [1.54, 1.807) is 5.57 Å². The lowest BCUT2D eigenvalue weighted by molar-refractivity contribution is 0.136. The second kappa shape index (κ2) is 9.20. The van der Waals surface area contributed by atoms with Crippen molar-refractivity contribution in [3.05, 3.63) is 54.0 Å². The fourth-order valence-electron chi connectivity index (χ4n) is 7.25. The van der Waals surface area contributed by atoms with Crippen LogP contribution in [-0.2, 0) is 0 Å². The van der Waals surface area contributed by atoms with Gasteiger partial charge in [-0.2, -0.15) is 0 Å². The van der Waals surface area contributed by atoms with Gasteiger partial charge in [0.2, 0.25) is 0 Å². The molecule has 2 aromatic rings. The Morgan fingerprint density at radius 2 is 1.94 bits per heavy atom. The fourth-order valence-corrected chi connectivity index (χ4v) is 7.25. The molecule has 32 heavy (non-hydrogen) atoms. The minimum atomic E-state index is 0.481. The summed E-state index contributed by atoms with van der Waals surface area (Å²) in [5, 5.41) is 0. The Bertz CT molecular complexity index is 951. The molecule has 2 nitrogen and oxygen atoms in total. The minimum absolute atomic E-state index is 0.481. The number of hydrogen-bond donors (Lipinski definition) is 0. The fraction of sp³-hybridized carbons (Fsp3) is 0.633. The molecule has 1 aromatic carbocycles. The third kappa shape index (κ3) is 4.22. The van der Waals surface area contributed by atoms with Crippen LogP contribution >= 0.6 is 0 Å². The molecule has 2 saturated carbocycles. The Balaban J connectivity index is 1.16. The van der Waals surface area contributed by atoms with E-state index in [0.717, 1.165) is 35.5 Å². The summed E-state index contributed by atoms with van der Waals surface area (Å²) in [7, 11) is 0. The van der Waals surface area contributed by atoms with Crippen LogP contribution in [0.3, 0.4) is 0 Å². The van der Waals surface area contributed by atoms with E-state index >= 15 is 0 Å². The summed E-state index contributed by atoms with van der Waals surface area (Å²) in [5.74, 6) is 5.42. The molecule has 0 N–H and O–H groups in total. The van der Waals surface area contributed by atoms with Gasteiger partial charge in [-0.25, -0.2) is 4.98 Å². The molecule has 2 heterocycles. The maximum absolute atomic E-state index is 4.44. The summed E-state index contributed by atoms with van der Waals surface area (Å²) in [6.45, 7) is 9.67. The van der Waals surface area contributed by atoms with Gasteiger partial charge < -0.3 is 4.57 Å². The van der Waals surface area contributed by atoms with Crippen LogP contribution in [-0.4, -0.2) is 9.55 Å². The molecule has 0 amide bonds. The molecule has 1 aliphatic heterocycles. The number of benzene rings is 1. The molecule has 5 rings (SSSR count). The van der Waals surface area contributed by atoms with Crippen molar-refractivity contribution in [1.29, 1.82) is 0 Å². The number of nitrogens with zero attached hydrogens (tertiary/aromatic N) is 2. The van der Waals surface area contributed by atoms with Gasteiger partial charge in [-0.05, 0) is 92.9 Å². The van der Waals surface area contributed by atoms with Gasteiger partial charge in [0.1, 0.15) is 0 Å². The average Bonchev–Trinajstić information content (AvgIpc) is 3.26. The zero-order valence-electron chi connectivity index (χ0n) is 20.6. The van der Waals surface area contributed by atoms with Gasteiger partial charge in [-0.15, -0.1) is 0 Å². The van der Waals surface area contributed by atoms with Crippen molar-refractivity contribution in [3.63, 3.8) is 0 Å². The molecule has 6 atom stereocenters. The summed E-state index contributed by atoms with van der Waals surface area (Å²) in [6.07, 6.45) is 17.7. The van der Waals surface area contributed by atoms with E-state index in [9.17, 15) is 0 Å². The van der Waals surface area contributed by atoms with Crippen molar-refractivity contribution in [2.24, 2.45) is 35.5 Å². The zero-order valence-corrected chi connectivity index (χ0v) is 20.6. The maximum Gasteiger partial charge on any atom is 0.0956 e. The first kappa shape index (κ1) is 22.0. The predicted octanol–water partition coefficient (Wildman–Crippen LogP) is 8.30. The molecule has 0 bridgehead atoms. The lowest BCUT2D eigenvalue weighted by Crippen LogP contribution is -2.27. The quantitative estimate of drug-likeness (QED) is 0.385. The highest BCUT2D eigenvalue weighted by Gasteiger charge is 2.40. The lowest BCUT2D eigenvalue weighted by atomic mass is 9.68. The SMILES string of the molecule is CC=C(CCC1CC(C)CCC1C(C)C)C1CC1CCC1c2ccccc2-c2cncn21. The van der Waals surface area contributed by atoms with Crippen molar-refractivity contribution in [2.75, 3.05) is 0 Å². The summed E-state index contributed by atoms with van der Waals surface area (Å²) < 4.78 is 2.41. The van der Waals surface area contributed by atoms with Gasteiger partial charge in [-0.1, -0.05) is 63.1 Å². The van der Waals surface area contributed by atoms with E-state index in [1.165, 1.54) is 68.2 Å². The average molecular weight is 431 g/mol. The normalized spacial score (nSPS) is 31.6. The molecule has 172 valence electrons. The molecule has 3 aliphatic rings. The molecule has 6 unspecified atom stereocenters. The highest BCUT2D eigenvalue weighted by atomic mass is 15.1. The summed E-state index contributed by atoms with van der Waals surface area (Å²) >= 11 is 0. The Morgan fingerprint density at radius 1 is 1.09 bits per heavy atom. The van der Waals surface area contributed by atoms with E-state index in [0.29, 0.717) is 6.04 Å². The Morgan fingerprint density at radius 3 is 2.75 bits per heavy atom. The third-order valence-electron chi connectivity index (χ3n) is 9.14. The summed E-state index contributed by atoms with van der Waals surface area (Å²) in [6, 6.07) is 9.42. The van der Waals surface area contributed by atoms with Crippen LogP contribution in [0.1, 0.15) is 90.7 Å². The summed E-state index contributed by atoms with van der Waals surface area (Å²) in [5.41, 5.74) is 5.96. The van der Waals surface area contributed by atoms with E-state index < -0.39 is 0 Å². The molecule has 1 aromatic heterocycles. The van der Waals surface area contributed by atoms with Gasteiger partial charge >= 0.3 is 0 Å². The molecule has 2 aliphatic carbocycles. The first-order valence-corrected chi connectivity index (χ1v) is 13.3. The van der Waals surface area contributed by atoms with Crippen molar-refractivity contribution >= 4 is 0 Å².